The zero-order valence-corrected chi connectivity index (χ0v) is 20.8. The molecule has 3 aromatic rings. The molecule has 2 aromatic heterocycles. The van der Waals surface area contributed by atoms with Gasteiger partial charge in [-0.1, -0.05) is 30.4 Å². The van der Waals surface area contributed by atoms with Gasteiger partial charge >= 0.3 is 0 Å². The Morgan fingerprint density at radius 2 is 1.97 bits per heavy atom. The molecule has 0 saturated carbocycles. The molecule has 1 saturated heterocycles. The number of aromatic nitrogens is 2. The molecule has 7 nitrogen and oxygen atoms in total. The molecule has 0 spiro atoms. The number of nitrogens with zero attached hydrogens (tertiary/aromatic N) is 4. The van der Waals surface area contributed by atoms with Crippen molar-refractivity contribution in [1.82, 2.24) is 14.9 Å². The SMILES string of the molecule is CCc1ccc2nc(N(Cc3cccnc3)C(=O)C3CCN(C(=O)CC(C)(C)O)CC3)sc2c1. The largest absolute Gasteiger partial charge is 0.390 e. The van der Waals surface area contributed by atoms with Crippen LogP contribution in [0.1, 0.15) is 51.2 Å². The number of carbonyl (C=O) groups is 2. The molecule has 8 heteroatoms. The van der Waals surface area contributed by atoms with E-state index in [2.05, 4.69) is 24.0 Å². The fraction of sp³-hybridized carbons (Fsp3) is 0.462. The number of anilines is 1. The first-order valence-corrected chi connectivity index (χ1v) is 12.6. The molecule has 1 aliphatic heterocycles. The van der Waals surface area contributed by atoms with E-state index in [0.717, 1.165) is 22.2 Å². The van der Waals surface area contributed by atoms with E-state index in [-0.39, 0.29) is 24.2 Å². The Balaban J connectivity index is 1.54. The molecule has 0 bridgehead atoms. The zero-order valence-electron chi connectivity index (χ0n) is 20.0. The van der Waals surface area contributed by atoms with Crippen LogP contribution in [-0.2, 0) is 22.6 Å². The predicted octanol–water partition coefficient (Wildman–Crippen LogP) is 4.19. The number of fused-ring (bicyclic) bond motifs is 1. The van der Waals surface area contributed by atoms with Crippen molar-refractivity contribution in [2.24, 2.45) is 5.92 Å². The molecule has 1 aromatic carbocycles. The van der Waals surface area contributed by atoms with Crippen LogP contribution in [0.25, 0.3) is 10.2 Å². The Morgan fingerprint density at radius 3 is 2.62 bits per heavy atom. The molecule has 180 valence electrons. The summed E-state index contributed by atoms with van der Waals surface area (Å²) in [4.78, 5) is 38.8. The number of carbonyl (C=O) groups excluding carboxylic acids is 2. The number of amides is 2. The Bertz CT molecular complexity index is 1150. The fourth-order valence-electron chi connectivity index (χ4n) is 4.28. The number of thiazole rings is 1. The number of aliphatic hydroxyl groups is 1. The Labute approximate surface area is 204 Å². The van der Waals surface area contributed by atoms with Crippen LogP contribution in [0.5, 0.6) is 0 Å². The van der Waals surface area contributed by atoms with Crippen molar-refractivity contribution in [3.63, 3.8) is 0 Å². The average Bonchev–Trinajstić information content (AvgIpc) is 3.24. The third-order valence-electron chi connectivity index (χ3n) is 6.19. The van der Waals surface area contributed by atoms with Crippen molar-refractivity contribution in [3.05, 3.63) is 53.9 Å². The highest BCUT2D eigenvalue weighted by Crippen LogP contribution is 2.33. The van der Waals surface area contributed by atoms with Crippen LogP contribution in [0.2, 0.25) is 0 Å². The quantitative estimate of drug-likeness (QED) is 0.548. The van der Waals surface area contributed by atoms with Gasteiger partial charge in [0.15, 0.2) is 5.13 Å². The van der Waals surface area contributed by atoms with E-state index in [1.54, 1.807) is 36.0 Å². The third-order valence-corrected chi connectivity index (χ3v) is 7.23. The number of piperidine rings is 1. The highest BCUT2D eigenvalue weighted by Gasteiger charge is 2.33. The summed E-state index contributed by atoms with van der Waals surface area (Å²) in [7, 11) is 0. The van der Waals surface area contributed by atoms with Gasteiger partial charge in [0.1, 0.15) is 0 Å². The first kappa shape index (κ1) is 24.3. The van der Waals surface area contributed by atoms with Gasteiger partial charge in [0.25, 0.3) is 0 Å². The maximum Gasteiger partial charge on any atom is 0.232 e. The van der Waals surface area contributed by atoms with Crippen LogP contribution in [0, 0.1) is 5.92 Å². The van der Waals surface area contributed by atoms with E-state index in [1.165, 1.54) is 16.9 Å². The molecule has 0 unspecified atom stereocenters. The van der Waals surface area contributed by atoms with E-state index in [1.807, 2.05) is 18.2 Å². The Kier molecular flexibility index (Phi) is 7.28. The van der Waals surface area contributed by atoms with Crippen LogP contribution >= 0.6 is 11.3 Å². The van der Waals surface area contributed by atoms with E-state index in [4.69, 9.17) is 4.98 Å². The number of likely N-dealkylation sites (tertiary alicyclic amines) is 1. The normalized spacial score (nSPS) is 15.0. The van der Waals surface area contributed by atoms with Crippen molar-refractivity contribution in [2.45, 2.75) is 58.6 Å². The van der Waals surface area contributed by atoms with Crippen molar-refractivity contribution >= 4 is 38.5 Å². The molecule has 2 amide bonds. The summed E-state index contributed by atoms with van der Waals surface area (Å²) >= 11 is 1.54. The summed E-state index contributed by atoms with van der Waals surface area (Å²) in [6, 6.07) is 10.1. The topological polar surface area (TPSA) is 86.6 Å². The average molecular weight is 481 g/mol. The number of pyridine rings is 1. The zero-order chi connectivity index (χ0) is 24.3. The van der Waals surface area contributed by atoms with E-state index in [9.17, 15) is 14.7 Å². The minimum atomic E-state index is -1.03. The molecule has 1 N–H and O–H groups in total. The van der Waals surface area contributed by atoms with Gasteiger partial charge in [-0.25, -0.2) is 4.98 Å². The summed E-state index contributed by atoms with van der Waals surface area (Å²) in [5.41, 5.74) is 2.06. The number of hydrogen-bond acceptors (Lipinski definition) is 6. The molecule has 4 rings (SSSR count). The number of benzene rings is 1. The lowest BCUT2D eigenvalue weighted by atomic mass is 9.94. The van der Waals surface area contributed by atoms with Gasteiger partial charge in [-0.15, -0.1) is 0 Å². The second kappa shape index (κ2) is 10.2. The van der Waals surface area contributed by atoms with E-state index >= 15 is 0 Å². The van der Waals surface area contributed by atoms with Gasteiger partial charge in [0.05, 0.1) is 28.8 Å². The number of rotatable bonds is 7. The molecular weight excluding hydrogens is 448 g/mol. The maximum absolute atomic E-state index is 13.7. The Hall–Kier alpha value is -2.84. The predicted molar refractivity (Wildman–Crippen MR) is 135 cm³/mol. The molecule has 0 atom stereocenters. The minimum Gasteiger partial charge on any atom is -0.390 e. The van der Waals surface area contributed by atoms with Crippen LogP contribution in [0.4, 0.5) is 5.13 Å². The van der Waals surface area contributed by atoms with Crippen molar-refractivity contribution in [1.29, 1.82) is 0 Å². The number of aryl methyl sites for hydroxylation is 1. The van der Waals surface area contributed by atoms with Crippen LogP contribution in [-0.4, -0.2) is 50.5 Å². The monoisotopic (exact) mass is 480 g/mol. The van der Waals surface area contributed by atoms with Crippen molar-refractivity contribution in [3.8, 4) is 0 Å². The smallest absolute Gasteiger partial charge is 0.232 e. The standard InChI is InChI=1S/C26H32N4O3S/c1-4-18-7-8-21-22(14-18)34-25(28-21)30(17-19-6-5-11-27-16-19)24(32)20-9-12-29(13-10-20)23(31)15-26(2,3)33/h5-8,11,14,16,20,33H,4,9-10,12-13,15,17H2,1-3H3. The summed E-state index contributed by atoms with van der Waals surface area (Å²) in [5.74, 6) is -0.210. The highest BCUT2D eigenvalue weighted by atomic mass is 32.1. The third kappa shape index (κ3) is 5.80. The van der Waals surface area contributed by atoms with Gasteiger partial charge in [0, 0.05) is 31.4 Å². The van der Waals surface area contributed by atoms with Crippen LogP contribution in [0.3, 0.4) is 0 Å². The summed E-state index contributed by atoms with van der Waals surface area (Å²) in [6.07, 6.45) is 5.74. The Morgan fingerprint density at radius 1 is 1.21 bits per heavy atom. The van der Waals surface area contributed by atoms with Gasteiger partial charge in [-0.05, 0) is 62.4 Å². The molecule has 1 fully saturated rings. The van der Waals surface area contributed by atoms with Crippen molar-refractivity contribution in [2.75, 3.05) is 18.0 Å². The van der Waals surface area contributed by atoms with Gasteiger partial charge in [-0.3, -0.25) is 19.5 Å². The molecule has 0 aliphatic carbocycles. The molecule has 3 heterocycles. The van der Waals surface area contributed by atoms with E-state index in [0.29, 0.717) is 37.6 Å². The van der Waals surface area contributed by atoms with Gasteiger partial charge in [-0.2, -0.15) is 0 Å². The van der Waals surface area contributed by atoms with Crippen LogP contribution < -0.4 is 4.90 Å². The highest BCUT2D eigenvalue weighted by molar-refractivity contribution is 7.22. The first-order chi connectivity index (χ1) is 16.2. The number of hydrogen-bond donors (Lipinski definition) is 1. The summed E-state index contributed by atoms with van der Waals surface area (Å²) in [5, 5.41) is 10.7. The fourth-order valence-corrected chi connectivity index (χ4v) is 5.32. The van der Waals surface area contributed by atoms with Crippen molar-refractivity contribution < 1.29 is 14.7 Å². The second-order valence-electron chi connectivity index (χ2n) is 9.58. The molecule has 1 aliphatic rings. The van der Waals surface area contributed by atoms with Gasteiger partial charge in [0.2, 0.25) is 11.8 Å². The van der Waals surface area contributed by atoms with Crippen LogP contribution in [0.15, 0.2) is 42.7 Å². The lowest BCUT2D eigenvalue weighted by Crippen LogP contribution is -2.45. The lowest BCUT2D eigenvalue weighted by Gasteiger charge is -2.34. The summed E-state index contributed by atoms with van der Waals surface area (Å²) < 4.78 is 1.07. The second-order valence-corrected chi connectivity index (χ2v) is 10.6. The molecular formula is C26H32N4O3S. The first-order valence-electron chi connectivity index (χ1n) is 11.8. The van der Waals surface area contributed by atoms with Gasteiger partial charge < -0.3 is 10.0 Å². The maximum atomic E-state index is 13.7. The lowest BCUT2D eigenvalue weighted by molar-refractivity contribution is -0.138. The minimum absolute atomic E-state index is 0.0354. The summed E-state index contributed by atoms with van der Waals surface area (Å²) in [6.45, 7) is 6.85. The van der Waals surface area contributed by atoms with E-state index < -0.39 is 5.60 Å². The molecule has 34 heavy (non-hydrogen) atoms. The molecule has 0 radical (unpaired) electrons.